The Kier molecular flexibility index (Phi) is 6.53. The van der Waals surface area contributed by atoms with Crippen molar-refractivity contribution in [3.63, 3.8) is 0 Å². The van der Waals surface area contributed by atoms with Crippen LogP contribution in [-0.2, 0) is 17.0 Å². The van der Waals surface area contributed by atoms with Gasteiger partial charge in [-0.2, -0.15) is 0 Å². The van der Waals surface area contributed by atoms with Gasteiger partial charge in [-0.15, -0.1) is 11.8 Å². The Bertz CT molecular complexity index is 597. The predicted octanol–water partition coefficient (Wildman–Crippen LogP) is 3.98. The van der Waals surface area contributed by atoms with Crippen LogP contribution in [0.3, 0.4) is 0 Å². The minimum Gasteiger partial charge on any atom is -0.355 e. The van der Waals surface area contributed by atoms with Crippen molar-refractivity contribution in [1.82, 2.24) is 5.32 Å². The second-order valence-corrected chi connectivity index (χ2v) is 6.80. The summed E-state index contributed by atoms with van der Waals surface area (Å²) in [6, 6.07) is 18.7. The van der Waals surface area contributed by atoms with Gasteiger partial charge in [0.15, 0.2) is 0 Å². The highest BCUT2D eigenvalue weighted by molar-refractivity contribution is 7.99. The largest absolute Gasteiger partial charge is 0.355 e. The van der Waals surface area contributed by atoms with Crippen molar-refractivity contribution in [2.24, 2.45) is 0 Å². The van der Waals surface area contributed by atoms with Crippen LogP contribution in [-0.4, -0.2) is 17.7 Å². The van der Waals surface area contributed by atoms with E-state index in [-0.39, 0.29) is 11.2 Å². The van der Waals surface area contributed by atoms with E-state index in [2.05, 4.69) is 48.6 Å². The summed E-state index contributed by atoms with van der Waals surface area (Å²) in [5.74, 6) is 0.989. The second-order valence-electron chi connectivity index (χ2n) is 5.47. The van der Waals surface area contributed by atoms with Gasteiger partial charge in [0.05, 0.1) is 5.25 Å². The minimum absolute atomic E-state index is 0.0312. The molecule has 0 aliphatic heterocycles. The summed E-state index contributed by atoms with van der Waals surface area (Å²) in [5, 5.41) is 2.99. The van der Waals surface area contributed by atoms with E-state index in [9.17, 15) is 4.79 Å². The first-order valence-electron chi connectivity index (χ1n) is 7.64. The Hall–Kier alpha value is -1.74. The molecule has 3 heteroatoms. The van der Waals surface area contributed by atoms with Crippen molar-refractivity contribution in [2.45, 2.75) is 31.3 Å². The smallest absolute Gasteiger partial charge is 0.232 e. The lowest BCUT2D eigenvalue weighted by Crippen LogP contribution is -2.32. The summed E-state index contributed by atoms with van der Waals surface area (Å²) >= 11 is 1.68. The number of nitrogens with one attached hydrogen (secondary N) is 1. The maximum absolute atomic E-state index is 12.1. The van der Waals surface area contributed by atoms with Crippen molar-refractivity contribution >= 4 is 17.7 Å². The topological polar surface area (TPSA) is 29.1 Å². The third kappa shape index (κ3) is 5.57. The van der Waals surface area contributed by atoms with E-state index in [4.69, 9.17) is 0 Å². The van der Waals surface area contributed by atoms with E-state index >= 15 is 0 Å². The number of carbonyl (C=O) groups excluding carboxylic acids is 1. The molecule has 0 fully saturated rings. The maximum atomic E-state index is 12.1. The molecule has 0 saturated heterocycles. The monoisotopic (exact) mass is 313 g/mol. The predicted molar refractivity (Wildman–Crippen MR) is 95.1 cm³/mol. The molecule has 2 aromatic carbocycles. The molecular weight excluding hydrogens is 290 g/mol. The van der Waals surface area contributed by atoms with Crippen LogP contribution in [0.1, 0.15) is 23.6 Å². The van der Waals surface area contributed by atoms with Gasteiger partial charge >= 0.3 is 0 Å². The third-order valence-corrected chi connectivity index (χ3v) is 4.72. The second kappa shape index (κ2) is 8.64. The summed E-state index contributed by atoms with van der Waals surface area (Å²) in [6.45, 7) is 4.75. The van der Waals surface area contributed by atoms with Crippen LogP contribution < -0.4 is 5.32 Å². The molecule has 0 bridgehead atoms. The molecule has 2 nitrogen and oxygen atoms in total. The molecule has 0 unspecified atom stereocenters. The number of carbonyl (C=O) groups is 1. The molecule has 2 rings (SSSR count). The van der Waals surface area contributed by atoms with Gasteiger partial charge in [0.25, 0.3) is 0 Å². The normalized spacial score (nSPS) is 11.9. The Morgan fingerprint density at radius 1 is 1.09 bits per heavy atom. The van der Waals surface area contributed by atoms with Crippen molar-refractivity contribution in [1.29, 1.82) is 0 Å². The molecule has 1 atom stereocenters. The summed E-state index contributed by atoms with van der Waals surface area (Å²) in [7, 11) is 0. The van der Waals surface area contributed by atoms with Gasteiger partial charge in [-0.1, -0.05) is 60.2 Å². The van der Waals surface area contributed by atoms with E-state index in [1.54, 1.807) is 11.8 Å². The van der Waals surface area contributed by atoms with Crippen LogP contribution in [0.2, 0.25) is 0 Å². The van der Waals surface area contributed by atoms with Crippen LogP contribution in [0.25, 0.3) is 0 Å². The zero-order valence-corrected chi connectivity index (χ0v) is 14.0. The molecule has 0 heterocycles. The molecule has 0 aromatic heterocycles. The van der Waals surface area contributed by atoms with Crippen molar-refractivity contribution < 1.29 is 4.79 Å². The fourth-order valence-corrected chi connectivity index (χ4v) is 3.07. The zero-order valence-electron chi connectivity index (χ0n) is 13.2. The van der Waals surface area contributed by atoms with Crippen molar-refractivity contribution in [2.75, 3.05) is 6.54 Å². The van der Waals surface area contributed by atoms with Crippen LogP contribution in [0.4, 0.5) is 0 Å². The summed E-state index contributed by atoms with van der Waals surface area (Å²) in [5.41, 5.74) is 3.79. The van der Waals surface area contributed by atoms with Crippen LogP contribution in [0, 0.1) is 6.92 Å². The van der Waals surface area contributed by atoms with Crippen molar-refractivity contribution in [3.8, 4) is 0 Å². The van der Waals surface area contributed by atoms with Gasteiger partial charge < -0.3 is 5.32 Å². The average molecular weight is 313 g/mol. The zero-order chi connectivity index (χ0) is 15.8. The Balaban J connectivity index is 1.70. The number of thioether (sulfide) groups is 1. The van der Waals surface area contributed by atoms with Crippen LogP contribution >= 0.6 is 11.8 Å². The standard InChI is InChI=1S/C19H23NOS/c1-15-7-6-10-18(13-15)14-22-16(2)19(21)20-12-11-17-8-4-3-5-9-17/h3-10,13,16H,11-12,14H2,1-2H3,(H,20,21)/t16-/m0/s1. The summed E-state index contributed by atoms with van der Waals surface area (Å²) in [6.07, 6.45) is 0.877. The number of hydrogen-bond acceptors (Lipinski definition) is 2. The van der Waals surface area contributed by atoms with Crippen molar-refractivity contribution in [3.05, 3.63) is 71.3 Å². The maximum Gasteiger partial charge on any atom is 0.232 e. The van der Waals surface area contributed by atoms with E-state index in [0.717, 1.165) is 12.2 Å². The SMILES string of the molecule is Cc1cccc(CS[C@@H](C)C(=O)NCCc2ccccc2)c1. The molecule has 0 aliphatic carbocycles. The van der Waals surface area contributed by atoms with Crippen LogP contribution in [0.5, 0.6) is 0 Å². The summed E-state index contributed by atoms with van der Waals surface area (Å²) < 4.78 is 0. The number of hydrogen-bond donors (Lipinski definition) is 1. The highest BCUT2D eigenvalue weighted by Gasteiger charge is 2.12. The highest BCUT2D eigenvalue weighted by atomic mass is 32.2. The van der Waals surface area contributed by atoms with E-state index in [1.807, 2.05) is 25.1 Å². The molecule has 0 radical (unpaired) electrons. The Labute approximate surface area is 137 Å². The molecule has 2 aromatic rings. The first kappa shape index (κ1) is 16.6. The molecule has 116 valence electrons. The van der Waals surface area contributed by atoms with Gasteiger partial charge in [-0.3, -0.25) is 4.79 Å². The molecule has 0 spiro atoms. The fraction of sp³-hybridized carbons (Fsp3) is 0.316. The van der Waals surface area contributed by atoms with Gasteiger partial charge in [-0.25, -0.2) is 0 Å². The number of aryl methyl sites for hydroxylation is 1. The lowest BCUT2D eigenvalue weighted by Gasteiger charge is -2.12. The lowest BCUT2D eigenvalue weighted by atomic mass is 10.1. The van der Waals surface area contributed by atoms with Gasteiger partial charge in [-0.05, 0) is 31.4 Å². The molecular formula is C19H23NOS. The molecule has 1 N–H and O–H groups in total. The average Bonchev–Trinajstić information content (AvgIpc) is 2.53. The van der Waals surface area contributed by atoms with E-state index < -0.39 is 0 Å². The Morgan fingerprint density at radius 2 is 1.82 bits per heavy atom. The summed E-state index contributed by atoms with van der Waals surface area (Å²) in [4.78, 5) is 12.1. The number of amides is 1. The number of benzene rings is 2. The Morgan fingerprint density at radius 3 is 2.55 bits per heavy atom. The van der Waals surface area contributed by atoms with Gasteiger partial charge in [0.1, 0.15) is 0 Å². The minimum atomic E-state index is -0.0312. The molecule has 22 heavy (non-hydrogen) atoms. The van der Waals surface area contributed by atoms with Gasteiger partial charge in [0.2, 0.25) is 5.91 Å². The van der Waals surface area contributed by atoms with E-state index in [1.165, 1.54) is 16.7 Å². The molecule has 0 aliphatic rings. The quantitative estimate of drug-likeness (QED) is 0.838. The van der Waals surface area contributed by atoms with E-state index in [0.29, 0.717) is 6.54 Å². The third-order valence-electron chi connectivity index (χ3n) is 3.51. The highest BCUT2D eigenvalue weighted by Crippen LogP contribution is 2.18. The first-order chi connectivity index (χ1) is 10.6. The fourth-order valence-electron chi connectivity index (χ4n) is 2.22. The number of rotatable bonds is 7. The molecule has 1 amide bonds. The van der Waals surface area contributed by atoms with Crippen LogP contribution in [0.15, 0.2) is 54.6 Å². The lowest BCUT2D eigenvalue weighted by molar-refractivity contribution is -0.120. The first-order valence-corrected chi connectivity index (χ1v) is 8.69. The molecule has 0 saturated carbocycles. The van der Waals surface area contributed by atoms with Gasteiger partial charge in [0, 0.05) is 12.3 Å².